The molecule has 0 spiro atoms. The first-order valence-electron chi connectivity index (χ1n) is 20.4. The van der Waals surface area contributed by atoms with E-state index in [1.54, 1.807) is 103 Å². The first kappa shape index (κ1) is 42.1. The van der Waals surface area contributed by atoms with E-state index in [1.165, 1.54) is 24.3 Å². The van der Waals surface area contributed by atoms with Gasteiger partial charge in [-0.05, 0) is 79.9 Å². The molecule has 0 saturated heterocycles. The van der Waals surface area contributed by atoms with Crippen LogP contribution in [-0.4, -0.2) is 27.9 Å². The van der Waals surface area contributed by atoms with Crippen LogP contribution in [0.1, 0.15) is 102 Å². The lowest BCUT2D eigenvalue weighted by atomic mass is 9.59. The summed E-state index contributed by atoms with van der Waals surface area (Å²) in [6, 6.07) is 41.3. The Morgan fingerprint density at radius 1 is 0.433 bits per heavy atom. The standard InChI is InChI=1S/C50H27F6N3O6S2/c51-49(52,53)66(60,61)64-47-37(22-26(24-57)39-41-29-14-4-8-18-33(29)43(45(39)47)34-19-9-5-15-30(34)41)59(28-12-2-1-3-13-28)38-23-27(25-58)40-42-31-16-6-10-20-35(31)44(36-21-11-7-17-32(36)42)46(40)48(38)65-67(62,63)50(54,55)56/h1-23,41-44H. The number of anilines is 3. The highest BCUT2D eigenvalue weighted by atomic mass is 32.2. The van der Waals surface area contributed by atoms with Crippen molar-refractivity contribution in [3.8, 4) is 23.6 Å². The van der Waals surface area contributed by atoms with Crippen LogP contribution in [0.5, 0.6) is 11.5 Å². The third-order valence-electron chi connectivity index (χ3n) is 13.0. The summed E-state index contributed by atoms with van der Waals surface area (Å²) in [7, 11) is -13.2. The maximum atomic E-state index is 14.7. The normalized spacial score (nSPS) is 18.2. The van der Waals surface area contributed by atoms with Crippen LogP contribution in [0.4, 0.5) is 43.4 Å². The summed E-state index contributed by atoms with van der Waals surface area (Å²) in [6.45, 7) is 0. The average molecular weight is 944 g/mol. The molecule has 0 aliphatic heterocycles. The van der Waals surface area contributed by atoms with Crippen molar-refractivity contribution in [1.29, 1.82) is 10.5 Å². The lowest BCUT2D eigenvalue weighted by Crippen LogP contribution is -2.34. The Morgan fingerprint density at radius 2 is 0.701 bits per heavy atom. The molecule has 0 amide bonds. The molecule has 7 aromatic carbocycles. The highest BCUT2D eigenvalue weighted by Crippen LogP contribution is 2.65. The van der Waals surface area contributed by atoms with Crippen LogP contribution in [0, 0.1) is 22.7 Å². The van der Waals surface area contributed by atoms with Crippen molar-refractivity contribution in [2.24, 2.45) is 0 Å². The second-order valence-electron chi connectivity index (χ2n) is 16.3. The molecule has 7 aromatic rings. The molecular weight excluding hydrogens is 917 g/mol. The molecule has 0 N–H and O–H groups in total. The van der Waals surface area contributed by atoms with Crippen molar-refractivity contribution in [3.05, 3.63) is 217 Å². The topological polar surface area (TPSA) is 138 Å². The monoisotopic (exact) mass is 943 g/mol. The molecule has 4 bridgehead atoms. The summed E-state index contributed by atoms with van der Waals surface area (Å²) in [4.78, 5) is 0.977. The van der Waals surface area contributed by atoms with Crippen molar-refractivity contribution < 1.29 is 51.5 Å². The molecule has 0 saturated carbocycles. The quantitative estimate of drug-likeness (QED) is 0.0868. The summed E-state index contributed by atoms with van der Waals surface area (Å²) in [5.41, 5.74) is -8.88. The number of alkyl halides is 6. The molecule has 9 nitrogen and oxygen atoms in total. The van der Waals surface area contributed by atoms with E-state index in [0.29, 0.717) is 44.5 Å². The Kier molecular flexibility index (Phi) is 9.07. The molecule has 13 rings (SSSR count). The smallest absolute Gasteiger partial charge is 0.373 e. The van der Waals surface area contributed by atoms with Gasteiger partial charge in [0, 0.05) is 40.5 Å². The van der Waals surface area contributed by atoms with Gasteiger partial charge in [0.15, 0.2) is 11.5 Å². The maximum Gasteiger partial charge on any atom is 0.534 e. The molecular formula is C50H27F6N3O6S2. The largest absolute Gasteiger partial charge is 0.534 e. The van der Waals surface area contributed by atoms with E-state index in [0.717, 1.165) is 17.0 Å². The van der Waals surface area contributed by atoms with Gasteiger partial charge in [-0.3, -0.25) is 0 Å². The predicted molar refractivity (Wildman–Crippen MR) is 231 cm³/mol. The molecule has 0 fully saturated rings. The lowest BCUT2D eigenvalue weighted by molar-refractivity contribution is -0.0504. The van der Waals surface area contributed by atoms with E-state index in [1.807, 2.05) is 0 Å². The molecule has 0 aromatic heterocycles. The van der Waals surface area contributed by atoms with Gasteiger partial charge in [0.1, 0.15) is 0 Å². The lowest BCUT2D eigenvalue weighted by Gasteiger charge is -2.45. The highest BCUT2D eigenvalue weighted by Gasteiger charge is 2.54. The van der Waals surface area contributed by atoms with Crippen LogP contribution in [0.3, 0.4) is 0 Å². The minimum Gasteiger partial charge on any atom is -0.373 e. The van der Waals surface area contributed by atoms with Gasteiger partial charge in [-0.15, -0.1) is 0 Å². The van der Waals surface area contributed by atoms with Gasteiger partial charge in [0.2, 0.25) is 0 Å². The van der Waals surface area contributed by atoms with E-state index in [4.69, 9.17) is 8.37 Å². The highest BCUT2D eigenvalue weighted by molar-refractivity contribution is 7.88. The number of nitriles is 2. The van der Waals surface area contributed by atoms with Crippen LogP contribution < -0.4 is 13.3 Å². The maximum absolute atomic E-state index is 14.7. The number of para-hydroxylation sites is 1. The van der Waals surface area contributed by atoms with E-state index in [2.05, 4.69) is 12.1 Å². The van der Waals surface area contributed by atoms with Gasteiger partial charge in [-0.2, -0.15) is 53.7 Å². The second-order valence-corrected chi connectivity index (χ2v) is 19.4. The molecule has 6 aliphatic carbocycles. The van der Waals surface area contributed by atoms with Crippen LogP contribution in [0.15, 0.2) is 140 Å². The fraction of sp³-hybridized carbons (Fsp3) is 0.120. The molecule has 0 atom stereocenters. The molecule has 67 heavy (non-hydrogen) atoms. The molecule has 0 unspecified atom stereocenters. The zero-order valence-electron chi connectivity index (χ0n) is 34.0. The van der Waals surface area contributed by atoms with Crippen LogP contribution in [0.2, 0.25) is 0 Å². The Labute approximate surface area is 378 Å². The number of hydrogen-bond acceptors (Lipinski definition) is 9. The zero-order chi connectivity index (χ0) is 46.9. The van der Waals surface area contributed by atoms with Gasteiger partial charge >= 0.3 is 31.3 Å². The van der Waals surface area contributed by atoms with E-state index in [-0.39, 0.29) is 39.1 Å². The van der Waals surface area contributed by atoms with E-state index in [9.17, 15) is 53.7 Å². The van der Waals surface area contributed by atoms with E-state index >= 15 is 0 Å². The summed E-state index contributed by atoms with van der Waals surface area (Å²) in [5, 5.41) is 22.1. The third-order valence-corrected chi connectivity index (χ3v) is 14.9. The summed E-state index contributed by atoms with van der Waals surface area (Å²) < 4.78 is 153. The SMILES string of the molecule is N#Cc1cc(N(c2ccccc2)c2cc(C#N)c3c(c2OS(=O)(=O)C(F)(F)F)C2c4ccccc4C3c3ccccc32)c(OS(=O)(=O)C(F)(F)F)c2c1C1c3ccccc3C2c2ccccc21. The molecule has 332 valence electrons. The molecule has 0 heterocycles. The number of nitrogens with zero attached hydrogens (tertiary/aromatic N) is 3. The molecule has 6 aliphatic rings. The Morgan fingerprint density at radius 3 is 0.970 bits per heavy atom. The summed E-state index contributed by atoms with van der Waals surface area (Å²) in [6.07, 6.45) is 0. The van der Waals surface area contributed by atoms with Gasteiger partial charge in [-0.25, -0.2) is 0 Å². The van der Waals surface area contributed by atoms with Crippen LogP contribution >= 0.6 is 0 Å². The Hall–Kier alpha value is -7.60. The number of benzene rings is 7. The van der Waals surface area contributed by atoms with Crippen molar-refractivity contribution in [3.63, 3.8) is 0 Å². The van der Waals surface area contributed by atoms with Gasteiger partial charge in [0.25, 0.3) is 0 Å². The Balaban J connectivity index is 1.30. The van der Waals surface area contributed by atoms with Crippen LogP contribution in [0.25, 0.3) is 0 Å². The molecule has 0 radical (unpaired) electrons. The summed E-state index contributed by atoms with van der Waals surface area (Å²) >= 11 is 0. The average Bonchev–Trinajstić information content (AvgIpc) is 3.31. The number of halogens is 6. The number of hydrogen-bond donors (Lipinski definition) is 0. The fourth-order valence-electron chi connectivity index (χ4n) is 10.6. The van der Waals surface area contributed by atoms with Gasteiger partial charge in [0.05, 0.1) is 34.6 Å². The zero-order valence-corrected chi connectivity index (χ0v) is 35.6. The minimum atomic E-state index is -6.59. The van der Waals surface area contributed by atoms with Crippen molar-refractivity contribution >= 4 is 37.3 Å². The minimum absolute atomic E-state index is 0.0952. The Bertz CT molecular complexity index is 3310. The fourth-order valence-corrected chi connectivity index (χ4v) is 11.6. The van der Waals surface area contributed by atoms with Gasteiger partial charge in [-0.1, -0.05) is 115 Å². The van der Waals surface area contributed by atoms with Crippen molar-refractivity contribution in [2.45, 2.75) is 34.7 Å². The third kappa shape index (κ3) is 5.97. The first-order chi connectivity index (χ1) is 32.0. The number of rotatable bonds is 7. The van der Waals surface area contributed by atoms with Gasteiger partial charge < -0.3 is 13.3 Å². The van der Waals surface area contributed by atoms with Crippen LogP contribution in [-0.2, 0) is 20.2 Å². The van der Waals surface area contributed by atoms with Crippen molar-refractivity contribution in [1.82, 2.24) is 0 Å². The summed E-state index contributed by atoms with van der Waals surface area (Å²) in [5.74, 6) is -5.72. The first-order valence-corrected chi connectivity index (χ1v) is 23.2. The second kappa shape index (κ2) is 14.4. The molecule has 17 heteroatoms. The van der Waals surface area contributed by atoms with E-state index < -0.39 is 77.8 Å². The predicted octanol–water partition coefficient (Wildman–Crippen LogP) is 11.3. The van der Waals surface area contributed by atoms with Crippen molar-refractivity contribution in [2.75, 3.05) is 4.90 Å².